The Hall–Kier alpha value is -0.430. The summed E-state index contributed by atoms with van der Waals surface area (Å²) in [4.78, 5) is 15.1. The number of halogens is 1. The van der Waals surface area contributed by atoms with Gasteiger partial charge in [-0.1, -0.05) is 6.92 Å². The van der Waals surface area contributed by atoms with E-state index in [4.69, 9.17) is 11.5 Å². The zero-order chi connectivity index (χ0) is 14.7. The van der Waals surface area contributed by atoms with Crippen LogP contribution in [0.4, 0.5) is 0 Å². The first kappa shape index (κ1) is 15.9. The highest BCUT2D eigenvalue weighted by Crippen LogP contribution is 2.34. The minimum absolute atomic E-state index is 0.0429. The standard InChI is InChI=1S/C14H22BrN3OS/c1-2-11(16)13(12-6-10(15)8-20-12)18-5-3-4-9(7-18)14(17)19/h6,8-9,11,13H,2-5,7,16H2,1H3,(H2,17,19). The third kappa shape index (κ3) is 3.61. The van der Waals surface area contributed by atoms with Gasteiger partial charge < -0.3 is 11.5 Å². The second-order valence-electron chi connectivity index (χ2n) is 5.42. The first-order valence-electron chi connectivity index (χ1n) is 7.05. The molecule has 1 fully saturated rings. The van der Waals surface area contributed by atoms with Crippen LogP contribution in [0, 0.1) is 5.92 Å². The monoisotopic (exact) mass is 359 g/mol. The molecule has 1 aliphatic rings. The summed E-state index contributed by atoms with van der Waals surface area (Å²) >= 11 is 5.23. The average Bonchev–Trinajstić information content (AvgIpc) is 2.85. The number of rotatable bonds is 5. The van der Waals surface area contributed by atoms with Gasteiger partial charge in [-0.3, -0.25) is 9.69 Å². The molecule has 6 heteroatoms. The third-order valence-corrected chi connectivity index (χ3v) is 5.77. The van der Waals surface area contributed by atoms with E-state index in [9.17, 15) is 4.79 Å². The van der Waals surface area contributed by atoms with Crippen molar-refractivity contribution in [2.75, 3.05) is 13.1 Å². The zero-order valence-corrected chi connectivity index (χ0v) is 14.1. The van der Waals surface area contributed by atoms with E-state index >= 15 is 0 Å². The van der Waals surface area contributed by atoms with Crippen LogP contribution in [0.3, 0.4) is 0 Å². The van der Waals surface area contributed by atoms with Gasteiger partial charge in [-0.05, 0) is 47.8 Å². The molecule has 0 spiro atoms. The molecule has 0 aliphatic carbocycles. The molecule has 20 heavy (non-hydrogen) atoms. The predicted octanol–water partition coefficient (Wildman–Crippen LogP) is 2.49. The van der Waals surface area contributed by atoms with E-state index in [2.05, 4.69) is 39.2 Å². The highest BCUT2D eigenvalue weighted by Gasteiger charge is 2.32. The fraction of sp³-hybridized carbons (Fsp3) is 0.643. The molecule has 3 atom stereocenters. The molecule has 1 aromatic heterocycles. The summed E-state index contributed by atoms with van der Waals surface area (Å²) in [5.41, 5.74) is 11.8. The van der Waals surface area contributed by atoms with E-state index in [0.717, 1.165) is 36.8 Å². The molecular formula is C14H22BrN3OS. The Kier molecular flexibility index (Phi) is 5.60. The quantitative estimate of drug-likeness (QED) is 0.847. The largest absolute Gasteiger partial charge is 0.369 e. The number of hydrogen-bond acceptors (Lipinski definition) is 4. The lowest BCUT2D eigenvalue weighted by Crippen LogP contribution is -2.47. The molecule has 2 rings (SSSR count). The lowest BCUT2D eigenvalue weighted by molar-refractivity contribution is -0.123. The Bertz CT molecular complexity index is 465. The number of primary amides is 1. The summed E-state index contributed by atoms with van der Waals surface area (Å²) in [6.45, 7) is 3.82. The van der Waals surface area contributed by atoms with Crippen LogP contribution in [0.2, 0.25) is 0 Å². The Balaban J connectivity index is 2.20. The van der Waals surface area contributed by atoms with Crippen LogP contribution in [-0.4, -0.2) is 29.9 Å². The molecule has 1 aromatic rings. The third-order valence-electron chi connectivity index (χ3n) is 4.00. The summed E-state index contributed by atoms with van der Waals surface area (Å²) in [5.74, 6) is -0.232. The molecule has 4 nitrogen and oxygen atoms in total. The SMILES string of the molecule is CCC(N)C(c1cc(Br)cs1)N1CCCC(C(N)=O)C1. The Morgan fingerprint density at radius 1 is 1.65 bits per heavy atom. The second-order valence-corrected chi connectivity index (χ2v) is 7.28. The van der Waals surface area contributed by atoms with E-state index < -0.39 is 0 Å². The van der Waals surface area contributed by atoms with E-state index in [1.807, 2.05) is 0 Å². The Labute approximate surface area is 132 Å². The molecule has 0 radical (unpaired) electrons. The Morgan fingerprint density at radius 3 is 2.95 bits per heavy atom. The zero-order valence-electron chi connectivity index (χ0n) is 11.7. The number of nitrogens with two attached hydrogens (primary N) is 2. The summed E-state index contributed by atoms with van der Waals surface area (Å²) in [7, 11) is 0. The topological polar surface area (TPSA) is 72.3 Å². The number of thiophene rings is 1. The van der Waals surface area contributed by atoms with Gasteiger partial charge >= 0.3 is 0 Å². The maximum Gasteiger partial charge on any atom is 0.221 e. The molecule has 1 saturated heterocycles. The lowest BCUT2D eigenvalue weighted by Gasteiger charge is -2.39. The van der Waals surface area contributed by atoms with Crippen molar-refractivity contribution in [3.8, 4) is 0 Å². The van der Waals surface area contributed by atoms with Crippen molar-refractivity contribution in [2.45, 2.75) is 38.3 Å². The molecule has 0 saturated carbocycles. The van der Waals surface area contributed by atoms with Crippen molar-refractivity contribution < 1.29 is 4.79 Å². The van der Waals surface area contributed by atoms with E-state index in [1.165, 1.54) is 4.88 Å². The minimum Gasteiger partial charge on any atom is -0.369 e. The summed E-state index contributed by atoms with van der Waals surface area (Å²) in [5, 5.41) is 2.08. The molecule has 1 amide bonds. The van der Waals surface area contributed by atoms with E-state index in [1.54, 1.807) is 11.3 Å². The average molecular weight is 360 g/mol. The fourth-order valence-corrected chi connectivity index (χ4v) is 4.51. The summed E-state index contributed by atoms with van der Waals surface area (Å²) in [6.07, 6.45) is 2.82. The number of carbonyl (C=O) groups excluding carboxylic acids is 1. The molecule has 2 heterocycles. The smallest absolute Gasteiger partial charge is 0.221 e. The molecule has 0 bridgehead atoms. The van der Waals surface area contributed by atoms with Crippen LogP contribution in [-0.2, 0) is 4.79 Å². The normalized spacial score (nSPS) is 23.4. The lowest BCUT2D eigenvalue weighted by atomic mass is 9.93. The molecule has 1 aliphatic heterocycles. The van der Waals surface area contributed by atoms with Gasteiger partial charge in [0.15, 0.2) is 0 Å². The van der Waals surface area contributed by atoms with Gasteiger partial charge in [0.25, 0.3) is 0 Å². The fourth-order valence-electron chi connectivity index (χ4n) is 2.86. The first-order chi connectivity index (χ1) is 9.52. The van der Waals surface area contributed by atoms with Crippen LogP contribution in [0.15, 0.2) is 15.9 Å². The van der Waals surface area contributed by atoms with Crippen LogP contribution >= 0.6 is 27.3 Å². The van der Waals surface area contributed by atoms with Crippen molar-refractivity contribution in [3.05, 3.63) is 20.8 Å². The van der Waals surface area contributed by atoms with Gasteiger partial charge in [0.05, 0.1) is 12.0 Å². The van der Waals surface area contributed by atoms with Crippen LogP contribution in [0.1, 0.15) is 37.1 Å². The number of hydrogen-bond donors (Lipinski definition) is 2. The maximum absolute atomic E-state index is 11.5. The summed E-state index contributed by atoms with van der Waals surface area (Å²) in [6, 6.07) is 2.39. The number of nitrogens with zero attached hydrogens (tertiary/aromatic N) is 1. The number of amides is 1. The minimum atomic E-state index is -0.189. The highest BCUT2D eigenvalue weighted by molar-refractivity contribution is 9.10. The number of likely N-dealkylation sites (tertiary alicyclic amines) is 1. The highest BCUT2D eigenvalue weighted by atomic mass is 79.9. The van der Waals surface area contributed by atoms with Gasteiger partial charge in [-0.15, -0.1) is 11.3 Å². The van der Waals surface area contributed by atoms with Gasteiger partial charge in [-0.2, -0.15) is 0 Å². The van der Waals surface area contributed by atoms with Crippen LogP contribution < -0.4 is 11.5 Å². The van der Waals surface area contributed by atoms with Crippen LogP contribution in [0.25, 0.3) is 0 Å². The van der Waals surface area contributed by atoms with Crippen molar-refractivity contribution in [3.63, 3.8) is 0 Å². The first-order valence-corrected chi connectivity index (χ1v) is 8.73. The molecule has 3 unspecified atom stereocenters. The van der Waals surface area contributed by atoms with Crippen molar-refractivity contribution >= 4 is 33.2 Å². The van der Waals surface area contributed by atoms with Gasteiger partial charge in [-0.25, -0.2) is 0 Å². The van der Waals surface area contributed by atoms with Crippen molar-refractivity contribution in [1.82, 2.24) is 4.90 Å². The van der Waals surface area contributed by atoms with Gasteiger partial charge in [0.2, 0.25) is 5.91 Å². The van der Waals surface area contributed by atoms with Gasteiger partial charge in [0.1, 0.15) is 0 Å². The Morgan fingerprint density at radius 2 is 2.40 bits per heavy atom. The van der Waals surface area contributed by atoms with Crippen molar-refractivity contribution in [1.29, 1.82) is 0 Å². The molecule has 112 valence electrons. The van der Waals surface area contributed by atoms with E-state index in [-0.39, 0.29) is 23.9 Å². The van der Waals surface area contributed by atoms with Crippen LogP contribution in [0.5, 0.6) is 0 Å². The summed E-state index contributed by atoms with van der Waals surface area (Å²) < 4.78 is 1.09. The predicted molar refractivity (Wildman–Crippen MR) is 86.5 cm³/mol. The van der Waals surface area contributed by atoms with E-state index in [0.29, 0.717) is 0 Å². The molecule has 4 N–H and O–H groups in total. The number of carbonyl (C=O) groups is 1. The molecular weight excluding hydrogens is 338 g/mol. The van der Waals surface area contributed by atoms with Gasteiger partial charge in [0, 0.05) is 27.3 Å². The number of piperidine rings is 1. The molecule has 0 aromatic carbocycles. The maximum atomic E-state index is 11.5. The van der Waals surface area contributed by atoms with Crippen molar-refractivity contribution in [2.24, 2.45) is 17.4 Å². The second kappa shape index (κ2) is 7.02.